The molecule has 2 heterocycles. The fraction of sp³-hybridized carbons (Fsp3) is 0.652. The maximum Gasteiger partial charge on any atom is 0.126 e. The van der Waals surface area contributed by atoms with Gasteiger partial charge in [0.15, 0.2) is 0 Å². The average Bonchev–Trinajstić information content (AvgIpc) is 3.17. The minimum Gasteiger partial charge on any atom is -0.496 e. The van der Waals surface area contributed by atoms with E-state index in [0.717, 1.165) is 30.3 Å². The summed E-state index contributed by atoms with van der Waals surface area (Å²) in [6.45, 7) is 4.90. The molecular weight excluding hydrogens is 320 g/mol. The largest absolute Gasteiger partial charge is 0.496 e. The minimum absolute atomic E-state index is 0.772. The molecule has 2 aliphatic heterocycles. The number of benzene rings is 1. The van der Waals surface area contributed by atoms with Gasteiger partial charge in [0.05, 0.1) is 7.11 Å². The summed E-state index contributed by atoms with van der Waals surface area (Å²) in [7, 11) is 1.76. The molecule has 0 aromatic heterocycles. The van der Waals surface area contributed by atoms with Crippen molar-refractivity contribution < 1.29 is 4.74 Å². The van der Waals surface area contributed by atoms with Gasteiger partial charge in [0.2, 0.25) is 0 Å². The van der Waals surface area contributed by atoms with Gasteiger partial charge in [-0.05, 0) is 44.2 Å². The second-order valence-electron chi connectivity index (χ2n) is 8.27. The monoisotopic (exact) mass is 354 g/mol. The smallest absolute Gasteiger partial charge is 0.126 e. The molecule has 0 amide bonds. The number of hydrogen-bond donors (Lipinski definition) is 0. The molecule has 0 N–H and O–H groups in total. The van der Waals surface area contributed by atoms with Crippen molar-refractivity contribution in [3.63, 3.8) is 0 Å². The third-order valence-corrected chi connectivity index (χ3v) is 6.81. The quantitative estimate of drug-likeness (QED) is 0.777. The summed E-state index contributed by atoms with van der Waals surface area (Å²) in [5, 5.41) is 0. The molecule has 1 saturated carbocycles. The van der Waals surface area contributed by atoms with Crippen molar-refractivity contribution in [1.82, 2.24) is 9.80 Å². The summed E-state index contributed by atoms with van der Waals surface area (Å²) in [4.78, 5) is 5.59. The standard InChI is InChI=1S/C23H34N2O/c1-26-22-14-6-5-9-19(22)12-7-16-25-18-17-24-15-8-13-21(24)23(25)20-10-3-2-4-11-20/h5-7,9,12,14,20-21,23H,2-4,8,10-11,13,15-18H2,1H3/b12-7+/t21-,23+/m0/s1. The van der Waals surface area contributed by atoms with Crippen molar-refractivity contribution in [2.24, 2.45) is 5.92 Å². The van der Waals surface area contributed by atoms with Crippen LogP contribution in [-0.2, 0) is 0 Å². The predicted octanol–water partition coefficient (Wildman–Crippen LogP) is 4.44. The highest BCUT2D eigenvalue weighted by Gasteiger charge is 2.42. The van der Waals surface area contributed by atoms with E-state index in [1.165, 1.54) is 70.1 Å². The topological polar surface area (TPSA) is 15.7 Å². The Kier molecular flexibility index (Phi) is 5.96. The average molecular weight is 355 g/mol. The maximum absolute atomic E-state index is 5.49. The van der Waals surface area contributed by atoms with Crippen LogP contribution in [0.3, 0.4) is 0 Å². The molecule has 0 unspecified atom stereocenters. The summed E-state index contributed by atoms with van der Waals surface area (Å²) >= 11 is 0. The first-order chi connectivity index (χ1) is 12.9. The van der Waals surface area contributed by atoms with E-state index in [2.05, 4.69) is 34.1 Å². The van der Waals surface area contributed by atoms with Crippen LogP contribution in [0.1, 0.15) is 50.5 Å². The Morgan fingerprint density at radius 1 is 1.00 bits per heavy atom. The highest BCUT2D eigenvalue weighted by Crippen LogP contribution is 2.37. The van der Waals surface area contributed by atoms with Crippen LogP contribution in [-0.4, -0.2) is 55.2 Å². The lowest BCUT2D eigenvalue weighted by Crippen LogP contribution is -2.60. The van der Waals surface area contributed by atoms with Gasteiger partial charge in [-0.25, -0.2) is 0 Å². The molecule has 1 aromatic rings. The van der Waals surface area contributed by atoms with Gasteiger partial charge in [-0.1, -0.05) is 49.6 Å². The molecule has 2 atom stereocenters. The van der Waals surface area contributed by atoms with Gasteiger partial charge in [-0.2, -0.15) is 0 Å². The highest BCUT2D eigenvalue weighted by molar-refractivity contribution is 5.57. The second kappa shape index (κ2) is 8.58. The molecule has 0 bridgehead atoms. The molecule has 0 radical (unpaired) electrons. The van der Waals surface area contributed by atoms with E-state index >= 15 is 0 Å². The van der Waals surface area contributed by atoms with Crippen LogP contribution in [0.2, 0.25) is 0 Å². The molecule has 26 heavy (non-hydrogen) atoms. The first-order valence-corrected chi connectivity index (χ1v) is 10.6. The number of hydrogen-bond acceptors (Lipinski definition) is 3. The lowest BCUT2D eigenvalue weighted by Gasteiger charge is -2.49. The van der Waals surface area contributed by atoms with Gasteiger partial charge in [0, 0.05) is 37.3 Å². The molecule has 3 aliphatic rings. The molecule has 4 rings (SSSR count). The van der Waals surface area contributed by atoms with Crippen LogP contribution in [0.15, 0.2) is 30.3 Å². The minimum atomic E-state index is 0.772. The van der Waals surface area contributed by atoms with Crippen molar-refractivity contribution in [2.75, 3.05) is 33.3 Å². The van der Waals surface area contributed by atoms with Crippen LogP contribution in [0.25, 0.3) is 6.08 Å². The number of para-hydroxylation sites is 1. The Labute approximate surface area is 159 Å². The van der Waals surface area contributed by atoms with Crippen LogP contribution in [0, 0.1) is 5.92 Å². The Hall–Kier alpha value is -1.32. The number of piperazine rings is 1. The molecule has 1 aliphatic carbocycles. The van der Waals surface area contributed by atoms with Gasteiger partial charge in [0.25, 0.3) is 0 Å². The van der Waals surface area contributed by atoms with Gasteiger partial charge in [-0.15, -0.1) is 0 Å². The Balaban J connectivity index is 1.47. The number of rotatable bonds is 5. The summed E-state index contributed by atoms with van der Waals surface area (Å²) in [6.07, 6.45) is 14.6. The fourth-order valence-electron chi connectivity index (χ4n) is 5.59. The summed E-state index contributed by atoms with van der Waals surface area (Å²) in [5.74, 6) is 1.88. The summed E-state index contributed by atoms with van der Waals surface area (Å²) in [6, 6.07) is 9.89. The molecule has 3 fully saturated rings. The molecule has 2 saturated heterocycles. The number of nitrogens with zero attached hydrogens (tertiary/aromatic N) is 2. The fourth-order valence-corrected chi connectivity index (χ4v) is 5.59. The number of ether oxygens (including phenoxy) is 1. The Bertz CT molecular complexity index is 608. The van der Waals surface area contributed by atoms with Crippen LogP contribution in [0.5, 0.6) is 5.75 Å². The molecule has 142 valence electrons. The Morgan fingerprint density at radius 3 is 2.69 bits per heavy atom. The zero-order valence-electron chi connectivity index (χ0n) is 16.3. The van der Waals surface area contributed by atoms with Gasteiger partial charge >= 0.3 is 0 Å². The zero-order chi connectivity index (χ0) is 17.8. The molecule has 3 heteroatoms. The zero-order valence-corrected chi connectivity index (χ0v) is 16.3. The van der Waals surface area contributed by atoms with E-state index in [1.807, 2.05) is 12.1 Å². The van der Waals surface area contributed by atoms with E-state index in [4.69, 9.17) is 4.74 Å². The van der Waals surface area contributed by atoms with Crippen molar-refractivity contribution in [2.45, 2.75) is 57.0 Å². The SMILES string of the molecule is COc1ccccc1/C=C/CN1CCN2CCC[C@H]2[C@H]1C1CCCCC1. The van der Waals surface area contributed by atoms with E-state index in [9.17, 15) is 0 Å². The molecule has 0 spiro atoms. The van der Waals surface area contributed by atoms with E-state index in [1.54, 1.807) is 7.11 Å². The van der Waals surface area contributed by atoms with Gasteiger partial charge < -0.3 is 4.74 Å². The van der Waals surface area contributed by atoms with Crippen molar-refractivity contribution in [3.05, 3.63) is 35.9 Å². The Morgan fingerprint density at radius 2 is 1.85 bits per heavy atom. The van der Waals surface area contributed by atoms with Crippen LogP contribution in [0.4, 0.5) is 0 Å². The lowest BCUT2D eigenvalue weighted by molar-refractivity contribution is 0.00831. The van der Waals surface area contributed by atoms with Gasteiger partial charge in [-0.3, -0.25) is 9.80 Å². The van der Waals surface area contributed by atoms with Crippen molar-refractivity contribution in [3.8, 4) is 5.75 Å². The number of methoxy groups -OCH3 is 1. The number of fused-ring (bicyclic) bond motifs is 1. The van der Waals surface area contributed by atoms with Crippen LogP contribution >= 0.6 is 0 Å². The first-order valence-electron chi connectivity index (χ1n) is 10.6. The van der Waals surface area contributed by atoms with Crippen molar-refractivity contribution >= 4 is 6.08 Å². The van der Waals surface area contributed by atoms with E-state index < -0.39 is 0 Å². The molecular formula is C23H34N2O. The third kappa shape index (κ3) is 3.84. The summed E-state index contributed by atoms with van der Waals surface area (Å²) < 4.78 is 5.49. The second-order valence-corrected chi connectivity index (χ2v) is 8.27. The van der Waals surface area contributed by atoms with E-state index in [-0.39, 0.29) is 0 Å². The molecule has 3 nitrogen and oxygen atoms in total. The summed E-state index contributed by atoms with van der Waals surface area (Å²) in [5.41, 5.74) is 1.18. The lowest BCUT2D eigenvalue weighted by atomic mass is 9.78. The highest BCUT2D eigenvalue weighted by atomic mass is 16.5. The van der Waals surface area contributed by atoms with Crippen molar-refractivity contribution in [1.29, 1.82) is 0 Å². The maximum atomic E-state index is 5.49. The predicted molar refractivity (Wildman–Crippen MR) is 109 cm³/mol. The van der Waals surface area contributed by atoms with E-state index in [0.29, 0.717) is 0 Å². The first kappa shape index (κ1) is 18.1. The molecule has 1 aromatic carbocycles. The normalized spacial score (nSPS) is 28.5. The van der Waals surface area contributed by atoms with Gasteiger partial charge in [0.1, 0.15) is 5.75 Å². The third-order valence-electron chi connectivity index (χ3n) is 6.81. The van der Waals surface area contributed by atoms with Crippen LogP contribution < -0.4 is 4.74 Å².